The van der Waals surface area contributed by atoms with Crippen molar-refractivity contribution < 1.29 is 41.1 Å². The number of rotatable bonds is 15. The molecule has 0 aromatic heterocycles. The number of amides is 1. The molecule has 13 heteroatoms. The first-order valence-electron chi connectivity index (χ1n) is 16.4. The van der Waals surface area contributed by atoms with Crippen LogP contribution in [0, 0.1) is 0 Å². The zero-order valence-electron chi connectivity index (χ0n) is 29.3. The van der Waals surface area contributed by atoms with Gasteiger partial charge in [0, 0.05) is 31.6 Å². The number of aliphatic imine (C=N–C) groups is 1. The molecule has 0 radical (unpaired) electrons. The van der Waals surface area contributed by atoms with E-state index in [2.05, 4.69) is 13.2 Å². The van der Waals surface area contributed by atoms with Crippen LogP contribution in [0.15, 0.2) is 91.0 Å². The number of nitrogens with zero attached hydrogens (tertiary/aromatic N) is 3. The molecule has 3 aromatic rings. The van der Waals surface area contributed by atoms with Gasteiger partial charge in [-0.25, -0.2) is 4.79 Å². The summed E-state index contributed by atoms with van der Waals surface area (Å²) in [6, 6.07) is 17.5. The number of anilines is 1. The molecule has 1 fully saturated rings. The van der Waals surface area contributed by atoms with Gasteiger partial charge in [0.1, 0.15) is 12.3 Å². The number of hydrogen-bond donors (Lipinski definition) is 0. The van der Waals surface area contributed by atoms with Gasteiger partial charge in [-0.15, -0.1) is 13.2 Å². The van der Waals surface area contributed by atoms with Crippen LogP contribution in [-0.2, 0) is 36.4 Å². The lowest BCUT2D eigenvalue weighted by Gasteiger charge is -2.46. The summed E-state index contributed by atoms with van der Waals surface area (Å²) < 4.78 is 53.2. The quantitative estimate of drug-likeness (QED) is 0.105. The number of carbonyl (C=O) groups is 2. The lowest BCUT2D eigenvalue weighted by atomic mass is 9.64. The number of methoxy groups -OCH3 is 3. The maximum absolute atomic E-state index is 13.9. The minimum Gasteiger partial charge on any atom is -0.492 e. The van der Waals surface area contributed by atoms with Crippen LogP contribution in [0.5, 0.6) is 17.2 Å². The van der Waals surface area contributed by atoms with Crippen LogP contribution >= 0.6 is 0 Å². The first kappa shape index (κ1) is 37.0. The Balaban J connectivity index is 1.72. The predicted molar refractivity (Wildman–Crippen MR) is 195 cm³/mol. The third kappa shape index (κ3) is 7.43. The average Bonchev–Trinajstić information content (AvgIpc) is 3.48. The number of para-hydroxylation sites is 1. The summed E-state index contributed by atoms with van der Waals surface area (Å²) in [6.07, 6.45) is 4.36. The third-order valence-corrected chi connectivity index (χ3v) is 9.56. The lowest BCUT2D eigenvalue weighted by molar-refractivity contribution is -0.140. The van der Waals surface area contributed by atoms with E-state index in [-0.39, 0.29) is 31.7 Å². The number of ether oxygens (including phenoxy) is 4. The SMILES string of the molecule is C=CCN(CC=C)c1ccc([C@@]23CCN(C(=O)OCc4ccccc4)[C@@H](CCC(=O)OC)C2=Nc2c(OS(C)(=O)=O)cccc23)c(OC)c1OC. The molecule has 0 spiro atoms. The van der Waals surface area contributed by atoms with Gasteiger partial charge in [-0.05, 0) is 36.1 Å². The average molecular weight is 718 g/mol. The monoisotopic (exact) mass is 717 g/mol. The summed E-state index contributed by atoms with van der Waals surface area (Å²) in [5.74, 6) is 0.455. The third-order valence-electron chi connectivity index (χ3n) is 9.08. The molecule has 2 aliphatic rings. The van der Waals surface area contributed by atoms with Crippen LogP contribution in [0.1, 0.15) is 36.0 Å². The van der Waals surface area contributed by atoms with Crippen molar-refractivity contribution in [1.29, 1.82) is 0 Å². The van der Waals surface area contributed by atoms with Crippen molar-refractivity contribution in [3.8, 4) is 17.2 Å². The zero-order valence-corrected chi connectivity index (χ0v) is 30.1. The molecule has 270 valence electrons. The molecular weight excluding hydrogens is 674 g/mol. The van der Waals surface area contributed by atoms with E-state index in [0.29, 0.717) is 53.5 Å². The smallest absolute Gasteiger partial charge is 0.410 e. The zero-order chi connectivity index (χ0) is 36.8. The molecule has 0 saturated carbocycles. The van der Waals surface area contributed by atoms with E-state index in [1.54, 1.807) is 37.3 Å². The van der Waals surface area contributed by atoms with Crippen molar-refractivity contribution in [3.63, 3.8) is 0 Å². The van der Waals surface area contributed by atoms with Gasteiger partial charge in [-0.3, -0.25) is 14.7 Å². The molecule has 2 aliphatic heterocycles. The Bertz CT molecular complexity index is 1920. The van der Waals surface area contributed by atoms with Gasteiger partial charge in [0.2, 0.25) is 0 Å². The van der Waals surface area contributed by atoms with Gasteiger partial charge >= 0.3 is 22.2 Å². The van der Waals surface area contributed by atoms with Crippen LogP contribution < -0.4 is 18.6 Å². The van der Waals surface area contributed by atoms with E-state index >= 15 is 0 Å². The van der Waals surface area contributed by atoms with Gasteiger partial charge < -0.3 is 28.0 Å². The number of hydrogen-bond acceptors (Lipinski definition) is 11. The molecule has 0 aliphatic carbocycles. The number of likely N-dealkylation sites (tertiary alicyclic amines) is 1. The van der Waals surface area contributed by atoms with Gasteiger partial charge in [0.15, 0.2) is 17.2 Å². The Kier molecular flexibility index (Phi) is 11.4. The fourth-order valence-electron chi connectivity index (χ4n) is 6.99. The molecule has 0 unspecified atom stereocenters. The largest absolute Gasteiger partial charge is 0.492 e. The first-order valence-corrected chi connectivity index (χ1v) is 18.2. The van der Waals surface area contributed by atoms with Gasteiger partial charge in [-0.1, -0.05) is 60.7 Å². The maximum atomic E-state index is 13.9. The Morgan fingerprint density at radius 1 is 0.961 bits per heavy atom. The van der Waals surface area contributed by atoms with Crippen molar-refractivity contribution in [1.82, 2.24) is 4.90 Å². The van der Waals surface area contributed by atoms with Crippen LogP contribution in [0.4, 0.5) is 16.2 Å². The molecule has 5 rings (SSSR count). The number of benzene rings is 3. The normalized spacial score (nSPS) is 17.7. The van der Waals surface area contributed by atoms with Crippen molar-refractivity contribution in [2.75, 3.05) is 52.1 Å². The van der Waals surface area contributed by atoms with E-state index < -0.39 is 33.6 Å². The fourth-order valence-corrected chi connectivity index (χ4v) is 7.45. The highest BCUT2D eigenvalue weighted by Crippen LogP contribution is 2.58. The highest BCUT2D eigenvalue weighted by atomic mass is 32.2. The number of carbonyl (C=O) groups excluding carboxylic acids is 2. The van der Waals surface area contributed by atoms with E-state index in [4.69, 9.17) is 28.1 Å². The number of fused-ring (bicyclic) bond motifs is 3. The van der Waals surface area contributed by atoms with E-state index in [0.717, 1.165) is 17.5 Å². The van der Waals surface area contributed by atoms with E-state index in [9.17, 15) is 18.0 Å². The van der Waals surface area contributed by atoms with Crippen LogP contribution in [0.2, 0.25) is 0 Å². The minimum atomic E-state index is -3.94. The molecular formula is C38H43N3O9S. The highest BCUT2D eigenvalue weighted by molar-refractivity contribution is 7.86. The van der Waals surface area contributed by atoms with Crippen molar-refractivity contribution in [2.45, 2.75) is 37.3 Å². The highest BCUT2D eigenvalue weighted by Gasteiger charge is 2.55. The van der Waals surface area contributed by atoms with E-state index in [1.165, 1.54) is 13.2 Å². The standard InChI is InChI=1S/C38H43N3O9S/c1-7-22-40(23-8-2)29-18-17-28(34(47-4)35(29)48-5)38-21-24-41(37(43)49-25-26-13-10-9-11-14-26)30(19-20-32(42)46-3)36(38)39-33-27(38)15-12-16-31(33)50-51(6,44)45/h7-18,30H,1-2,19-25H2,3-6H3/t30-,38-/m0/s1. The molecule has 12 nitrogen and oxygen atoms in total. The summed E-state index contributed by atoms with van der Waals surface area (Å²) in [4.78, 5) is 35.1. The molecule has 2 heterocycles. The number of piperidine rings is 1. The van der Waals surface area contributed by atoms with Crippen molar-refractivity contribution in [3.05, 3.63) is 103 Å². The second kappa shape index (κ2) is 15.7. The Labute approximate surface area is 299 Å². The second-order valence-corrected chi connectivity index (χ2v) is 13.7. The molecule has 2 atom stereocenters. The van der Waals surface area contributed by atoms with E-state index in [1.807, 2.05) is 53.4 Å². The van der Waals surface area contributed by atoms with Crippen LogP contribution in [0.3, 0.4) is 0 Å². The molecule has 0 bridgehead atoms. The summed E-state index contributed by atoms with van der Waals surface area (Å²) in [5, 5.41) is 0. The van der Waals surface area contributed by atoms with Crippen molar-refractivity contribution >= 4 is 39.3 Å². The number of esters is 1. The molecule has 3 aromatic carbocycles. The summed E-state index contributed by atoms with van der Waals surface area (Å²) in [5.41, 5.74) is 2.61. The topological polar surface area (TPSA) is 133 Å². The summed E-state index contributed by atoms with van der Waals surface area (Å²) >= 11 is 0. The van der Waals surface area contributed by atoms with Gasteiger partial charge in [-0.2, -0.15) is 8.42 Å². The van der Waals surface area contributed by atoms with Gasteiger partial charge in [0.25, 0.3) is 0 Å². The molecule has 1 amide bonds. The Morgan fingerprint density at radius 2 is 1.67 bits per heavy atom. The van der Waals surface area contributed by atoms with Crippen LogP contribution in [0.25, 0.3) is 0 Å². The predicted octanol–water partition coefficient (Wildman–Crippen LogP) is 5.96. The lowest BCUT2D eigenvalue weighted by Crippen LogP contribution is -2.58. The second-order valence-electron chi connectivity index (χ2n) is 12.1. The van der Waals surface area contributed by atoms with Crippen LogP contribution in [-0.4, -0.2) is 84.4 Å². The summed E-state index contributed by atoms with van der Waals surface area (Å²) in [7, 11) is 0.468. The Morgan fingerprint density at radius 3 is 2.29 bits per heavy atom. The Hall–Kier alpha value is -5.30. The van der Waals surface area contributed by atoms with Gasteiger partial charge in [0.05, 0.1) is 50.4 Å². The van der Waals surface area contributed by atoms with Crippen molar-refractivity contribution in [2.24, 2.45) is 4.99 Å². The minimum absolute atomic E-state index is 0.0285. The first-order chi connectivity index (χ1) is 24.5. The molecule has 51 heavy (non-hydrogen) atoms. The maximum Gasteiger partial charge on any atom is 0.410 e. The molecule has 0 N–H and O–H groups in total. The fraction of sp³-hybridized carbons (Fsp3) is 0.342. The molecule has 1 saturated heterocycles. The summed E-state index contributed by atoms with van der Waals surface area (Å²) in [6.45, 7) is 9.06.